The number of fused-ring (bicyclic) bond motifs is 1. The predicted molar refractivity (Wildman–Crippen MR) is 70.8 cm³/mol. The number of aliphatic carboxylic acids is 1. The predicted octanol–water partition coefficient (Wildman–Crippen LogP) is 0.981. The molecule has 3 rings (SSSR count). The van der Waals surface area contributed by atoms with Gasteiger partial charge in [0.2, 0.25) is 5.13 Å². The van der Waals surface area contributed by atoms with Crippen LogP contribution in [0.1, 0.15) is 5.56 Å². The monoisotopic (exact) mass is 291 g/mol. The number of urea groups is 1. The number of nitrogens with zero attached hydrogens (tertiary/aromatic N) is 4. The number of hydrogen-bond donors (Lipinski definition) is 2. The van der Waals surface area contributed by atoms with Crippen LogP contribution in [0.4, 0.5) is 15.6 Å². The normalized spacial score (nSPS) is 16.8. The molecule has 9 heteroatoms. The molecule has 2 N–H and O–H groups in total. The van der Waals surface area contributed by atoms with E-state index in [0.29, 0.717) is 5.69 Å². The lowest BCUT2D eigenvalue weighted by molar-refractivity contribution is -0.138. The molecule has 1 aliphatic rings. The van der Waals surface area contributed by atoms with Crippen LogP contribution in [-0.4, -0.2) is 37.9 Å². The minimum Gasteiger partial charge on any atom is -0.480 e. The van der Waals surface area contributed by atoms with Gasteiger partial charge >= 0.3 is 12.0 Å². The van der Waals surface area contributed by atoms with E-state index in [0.717, 1.165) is 17.1 Å². The van der Waals surface area contributed by atoms with Gasteiger partial charge in [-0.3, -0.25) is 10.2 Å². The lowest BCUT2D eigenvalue weighted by atomic mass is 10.1. The summed E-state index contributed by atoms with van der Waals surface area (Å²) in [5.74, 6) is -1.05. The van der Waals surface area contributed by atoms with E-state index in [1.165, 1.54) is 4.90 Å². The molecule has 1 aliphatic heterocycles. The molecule has 0 saturated carbocycles. The summed E-state index contributed by atoms with van der Waals surface area (Å²) < 4.78 is 3.53. The smallest absolute Gasteiger partial charge is 0.329 e. The average Bonchev–Trinajstić information content (AvgIpc) is 3.04. The molecule has 2 heterocycles. The summed E-state index contributed by atoms with van der Waals surface area (Å²) in [6, 6.07) is 5.62. The molecule has 102 valence electrons. The van der Waals surface area contributed by atoms with Crippen LogP contribution in [-0.2, 0) is 11.2 Å². The molecule has 8 nitrogen and oxygen atoms in total. The number of carboxylic acid groups (broad SMARTS) is 1. The van der Waals surface area contributed by atoms with E-state index in [2.05, 4.69) is 20.1 Å². The van der Waals surface area contributed by atoms with Crippen molar-refractivity contribution in [2.24, 2.45) is 0 Å². The number of carboxylic acids is 1. The van der Waals surface area contributed by atoms with Gasteiger partial charge in [-0.25, -0.2) is 9.59 Å². The Morgan fingerprint density at radius 1 is 1.40 bits per heavy atom. The van der Waals surface area contributed by atoms with Crippen molar-refractivity contribution in [1.82, 2.24) is 14.8 Å². The van der Waals surface area contributed by atoms with E-state index in [-0.39, 0.29) is 11.6 Å². The lowest BCUT2D eigenvalue weighted by Crippen LogP contribution is -2.45. The highest BCUT2D eigenvalue weighted by atomic mass is 32.1. The molecule has 0 saturated heterocycles. The molecule has 0 fully saturated rings. The zero-order valence-electron chi connectivity index (χ0n) is 10.1. The largest absolute Gasteiger partial charge is 0.480 e. The van der Waals surface area contributed by atoms with Crippen molar-refractivity contribution in [1.29, 1.82) is 0 Å². The quantitative estimate of drug-likeness (QED) is 0.853. The summed E-state index contributed by atoms with van der Waals surface area (Å²) in [4.78, 5) is 24.8. The minimum absolute atomic E-state index is 0.225. The fraction of sp³-hybridized carbons (Fsp3) is 0.182. The van der Waals surface area contributed by atoms with Crippen molar-refractivity contribution < 1.29 is 14.7 Å². The molecular weight excluding hydrogens is 282 g/mol. The molecule has 1 aromatic carbocycles. The van der Waals surface area contributed by atoms with Crippen LogP contribution >= 0.6 is 11.5 Å². The van der Waals surface area contributed by atoms with Crippen molar-refractivity contribution in [2.45, 2.75) is 12.5 Å². The highest BCUT2D eigenvalue weighted by molar-refractivity contribution is 7.09. The fourth-order valence-electron chi connectivity index (χ4n) is 2.17. The van der Waals surface area contributed by atoms with Crippen LogP contribution < -0.4 is 10.2 Å². The second kappa shape index (κ2) is 4.85. The summed E-state index contributed by atoms with van der Waals surface area (Å²) in [5, 5.41) is 19.0. The zero-order valence-corrected chi connectivity index (χ0v) is 10.9. The molecule has 0 spiro atoms. The fourth-order valence-corrected chi connectivity index (χ4v) is 2.52. The highest BCUT2D eigenvalue weighted by Gasteiger charge is 2.38. The van der Waals surface area contributed by atoms with Crippen molar-refractivity contribution in [3.05, 3.63) is 29.8 Å². The van der Waals surface area contributed by atoms with E-state index in [1.54, 1.807) is 12.1 Å². The molecule has 1 atom stereocenters. The van der Waals surface area contributed by atoms with Crippen molar-refractivity contribution >= 4 is 34.4 Å². The maximum Gasteiger partial charge on any atom is 0.329 e. The molecule has 2 aromatic rings. The molecule has 1 aromatic heterocycles. The number of carbonyl (C=O) groups is 2. The number of para-hydroxylation sites is 1. The van der Waals surface area contributed by atoms with E-state index in [1.807, 2.05) is 12.1 Å². The first kappa shape index (κ1) is 12.5. The van der Waals surface area contributed by atoms with E-state index in [9.17, 15) is 14.7 Å². The van der Waals surface area contributed by atoms with Crippen LogP contribution in [0.15, 0.2) is 24.3 Å². The third-order valence-electron chi connectivity index (χ3n) is 2.99. The number of rotatable bonds is 2. The standard InChI is InChI=1S/C11H9N5O3S/c17-9(18)8-5-6-3-1-2-4-7(6)16(8)11(19)12-10-13-14-15-20-10/h1-4,8H,5H2,(H,17,18)(H,12,13,15,19)/t8-/m0/s1. The molecular formula is C11H9N5O3S. The van der Waals surface area contributed by atoms with Gasteiger partial charge in [0.15, 0.2) is 0 Å². The Labute approximate surface area is 117 Å². The molecule has 0 bridgehead atoms. The number of carbonyl (C=O) groups excluding carboxylic acids is 1. The van der Waals surface area contributed by atoms with Crippen molar-refractivity contribution in [3.8, 4) is 0 Å². The summed E-state index contributed by atoms with van der Waals surface area (Å²) >= 11 is 0.923. The van der Waals surface area contributed by atoms with E-state index >= 15 is 0 Å². The number of nitrogens with one attached hydrogen (secondary N) is 1. The van der Waals surface area contributed by atoms with Gasteiger partial charge in [-0.2, -0.15) is 0 Å². The number of aromatic nitrogens is 3. The van der Waals surface area contributed by atoms with Gasteiger partial charge in [0, 0.05) is 23.6 Å². The number of hydrogen-bond acceptors (Lipinski definition) is 6. The third kappa shape index (κ3) is 2.07. The molecule has 0 radical (unpaired) electrons. The Balaban J connectivity index is 1.92. The van der Waals surface area contributed by atoms with Crippen LogP contribution in [0.5, 0.6) is 0 Å². The maximum absolute atomic E-state index is 12.3. The summed E-state index contributed by atoms with van der Waals surface area (Å²) in [6.07, 6.45) is 0.285. The minimum atomic E-state index is -1.05. The van der Waals surface area contributed by atoms with Crippen molar-refractivity contribution in [3.63, 3.8) is 0 Å². The summed E-state index contributed by atoms with van der Waals surface area (Å²) in [7, 11) is 0. The maximum atomic E-state index is 12.3. The second-order valence-corrected chi connectivity index (χ2v) is 4.89. The van der Waals surface area contributed by atoms with Gasteiger partial charge in [0.1, 0.15) is 6.04 Å². The Morgan fingerprint density at radius 3 is 2.90 bits per heavy atom. The average molecular weight is 291 g/mol. The van der Waals surface area contributed by atoms with Crippen LogP contribution in [0.3, 0.4) is 0 Å². The van der Waals surface area contributed by atoms with Gasteiger partial charge in [0.25, 0.3) is 0 Å². The van der Waals surface area contributed by atoms with Gasteiger partial charge in [-0.05, 0) is 16.8 Å². The Bertz CT molecular complexity index is 660. The summed E-state index contributed by atoms with van der Waals surface area (Å²) in [5.41, 5.74) is 1.42. The van der Waals surface area contributed by atoms with Crippen LogP contribution in [0.2, 0.25) is 0 Å². The van der Waals surface area contributed by atoms with Crippen LogP contribution in [0.25, 0.3) is 0 Å². The van der Waals surface area contributed by atoms with Gasteiger partial charge in [-0.1, -0.05) is 27.8 Å². The van der Waals surface area contributed by atoms with Crippen LogP contribution in [0, 0.1) is 0 Å². The molecule has 0 aliphatic carbocycles. The molecule has 0 unspecified atom stereocenters. The first-order chi connectivity index (χ1) is 9.66. The highest BCUT2D eigenvalue weighted by Crippen LogP contribution is 2.32. The third-order valence-corrected chi connectivity index (χ3v) is 3.50. The molecule has 2 amide bonds. The Kier molecular flexibility index (Phi) is 3.03. The van der Waals surface area contributed by atoms with Crippen molar-refractivity contribution in [2.75, 3.05) is 10.2 Å². The second-order valence-electron chi connectivity index (χ2n) is 4.15. The van der Waals surface area contributed by atoms with E-state index in [4.69, 9.17) is 0 Å². The molecule has 20 heavy (non-hydrogen) atoms. The number of anilines is 2. The number of amides is 2. The van der Waals surface area contributed by atoms with Gasteiger partial charge in [0.05, 0.1) is 0 Å². The lowest BCUT2D eigenvalue weighted by Gasteiger charge is -2.22. The van der Waals surface area contributed by atoms with E-state index < -0.39 is 18.0 Å². The first-order valence-corrected chi connectivity index (χ1v) is 6.50. The summed E-state index contributed by atoms with van der Waals surface area (Å²) in [6.45, 7) is 0. The van der Waals surface area contributed by atoms with Gasteiger partial charge in [-0.15, -0.1) is 0 Å². The van der Waals surface area contributed by atoms with Gasteiger partial charge < -0.3 is 5.11 Å². The Morgan fingerprint density at radius 2 is 2.20 bits per heavy atom. The first-order valence-electron chi connectivity index (χ1n) is 5.73. The topological polar surface area (TPSA) is 108 Å². The zero-order chi connectivity index (χ0) is 14.1. The SMILES string of the molecule is O=C(O)[C@@H]1Cc2ccccc2N1C(=O)Nc1nnns1. The number of benzene rings is 1. The Hall–Kier alpha value is -2.55.